The van der Waals surface area contributed by atoms with E-state index in [2.05, 4.69) is 20.7 Å². The summed E-state index contributed by atoms with van der Waals surface area (Å²) >= 11 is 0. The molecule has 13 heteroatoms. The van der Waals surface area contributed by atoms with Gasteiger partial charge in [-0.2, -0.15) is 9.61 Å². The molecule has 0 aromatic carbocycles. The van der Waals surface area contributed by atoms with Crippen LogP contribution >= 0.6 is 0 Å². The predicted molar refractivity (Wildman–Crippen MR) is 146 cm³/mol. The van der Waals surface area contributed by atoms with Crippen LogP contribution in [0, 0.1) is 0 Å². The van der Waals surface area contributed by atoms with Crippen LogP contribution in [0.1, 0.15) is 55.6 Å². The van der Waals surface area contributed by atoms with E-state index in [-0.39, 0.29) is 30.3 Å². The number of nitrogens with one attached hydrogen (secondary N) is 2. The van der Waals surface area contributed by atoms with Crippen LogP contribution in [-0.2, 0) is 14.2 Å². The fraction of sp³-hybridized carbons (Fsp3) is 0.519. The van der Waals surface area contributed by atoms with E-state index in [1.807, 2.05) is 18.2 Å². The Balaban J connectivity index is 1.50. The van der Waals surface area contributed by atoms with Crippen LogP contribution in [0.4, 0.5) is 22.2 Å². The monoisotopic (exact) mass is 553 g/mol. The van der Waals surface area contributed by atoms with Crippen molar-refractivity contribution in [1.82, 2.24) is 24.9 Å². The third-order valence-electron chi connectivity index (χ3n) is 6.68. The third kappa shape index (κ3) is 6.16. The third-order valence-corrected chi connectivity index (χ3v) is 6.68. The summed E-state index contributed by atoms with van der Waals surface area (Å²) in [5.74, 6) is 0.961. The normalized spacial score (nSPS) is 21.3. The largest absolute Gasteiger partial charge is 0.443 e. The first kappa shape index (κ1) is 27.7. The molecular formula is C27H35N7O6. The van der Waals surface area contributed by atoms with E-state index in [9.17, 15) is 14.7 Å². The molecule has 2 unspecified atom stereocenters. The summed E-state index contributed by atoms with van der Waals surface area (Å²) < 4.78 is 17.8. The Kier molecular flexibility index (Phi) is 7.88. The number of anilines is 3. The van der Waals surface area contributed by atoms with Gasteiger partial charge in [0, 0.05) is 31.3 Å². The molecular weight excluding hydrogens is 518 g/mol. The molecule has 2 aliphatic heterocycles. The Labute approximate surface area is 231 Å². The van der Waals surface area contributed by atoms with Crippen molar-refractivity contribution in [3.63, 3.8) is 0 Å². The van der Waals surface area contributed by atoms with Crippen LogP contribution in [0.15, 0.2) is 30.5 Å². The number of carbonyl (C=O) groups excluding carboxylic acids is 2. The van der Waals surface area contributed by atoms with Crippen molar-refractivity contribution in [2.75, 3.05) is 43.7 Å². The smallest absolute Gasteiger partial charge is 0.415 e. The van der Waals surface area contributed by atoms with E-state index < -0.39 is 29.7 Å². The summed E-state index contributed by atoms with van der Waals surface area (Å²) in [7, 11) is 1.56. The molecule has 3 aromatic rings. The Morgan fingerprint density at radius 3 is 2.67 bits per heavy atom. The SMILES string of the molecule is CN(C(=O)OC(C)(C)C)c1cc(Nc2cccc([C@H]3CCCOC3)n2)nc2c(C(=O)NC3COCC3O)cnn12. The maximum atomic E-state index is 13.2. The number of carbonyl (C=O) groups is 2. The fourth-order valence-corrected chi connectivity index (χ4v) is 4.61. The zero-order valence-electron chi connectivity index (χ0n) is 23.1. The van der Waals surface area contributed by atoms with E-state index >= 15 is 0 Å². The number of ether oxygens (including phenoxy) is 3. The number of aliphatic hydroxyl groups is 1. The van der Waals surface area contributed by atoms with Gasteiger partial charge >= 0.3 is 6.09 Å². The topological polar surface area (TPSA) is 152 Å². The quantitative estimate of drug-likeness (QED) is 0.415. The number of hydrogen-bond donors (Lipinski definition) is 3. The van der Waals surface area contributed by atoms with Gasteiger partial charge in [0.1, 0.15) is 28.6 Å². The molecule has 40 heavy (non-hydrogen) atoms. The summed E-state index contributed by atoms with van der Waals surface area (Å²) in [5.41, 5.74) is 0.574. The van der Waals surface area contributed by atoms with Gasteiger partial charge in [-0.1, -0.05) is 6.07 Å². The van der Waals surface area contributed by atoms with Crippen LogP contribution in [0.25, 0.3) is 5.65 Å². The van der Waals surface area contributed by atoms with Crippen LogP contribution in [0.3, 0.4) is 0 Å². The standard InChI is InChI=1S/C27H35N7O6/c1-27(2,3)40-26(37)33(4)23-11-22(31-21-9-5-8-18(29-21)16-7-6-10-38-13-16)32-24-17(12-28-34(23)24)25(36)30-19-14-39-15-20(19)35/h5,8-9,11-12,16,19-20,35H,6-7,10,13-15H2,1-4H3,(H,30,36)(H,29,31,32)/t16-,19?,20?/m0/s1. The van der Waals surface area contributed by atoms with Crippen LogP contribution in [0.2, 0.25) is 0 Å². The lowest BCUT2D eigenvalue weighted by Crippen LogP contribution is -2.42. The zero-order chi connectivity index (χ0) is 28.4. The van der Waals surface area contributed by atoms with Crippen molar-refractivity contribution in [2.45, 2.75) is 57.3 Å². The van der Waals surface area contributed by atoms with Gasteiger partial charge in [0.2, 0.25) is 0 Å². The van der Waals surface area contributed by atoms with Crippen molar-refractivity contribution in [3.8, 4) is 0 Å². The van der Waals surface area contributed by atoms with E-state index in [0.717, 1.165) is 25.1 Å². The van der Waals surface area contributed by atoms with Gasteiger partial charge < -0.3 is 30.0 Å². The maximum absolute atomic E-state index is 13.2. The molecule has 2 amide bonds. The average Bonchev–Trinajstić information content (AvgIpc) is 3.53. The lowest BCUT2D eigenvalue weighted by molar-refractivity contribution is 0.0587. The van der Waals surface area contributed by atoms with Crippen molar-refractivity contribution in [3.05, 3.63) is 41.7 Å². The summed E-state index contributed by atoms with van der Waals surface area (Å²) in [6.45, 7) is 7.08. The van der Waals surface area contributed by atoms with Crippen LogP contribution in [-0.4, -0.2) is 87.9 Å². The first-order valence-corrected chi connectivity index (χ1v) is 13.3. The number of nitrogens with zero attached hydrogens (tertiary/aromatic N) is 5. The molecule has 3 atom stereocenters. The summed E-state index contributed by atoms with van der Waals surface area (Å²) in [5, 5.41) is 20.4. The molecule has 3 N–H and O–H groups in total. The molecule has 0 radical (unpaired) electrons. The summed E-state index contributed by atoms with van der Waals surface area (Å²) in [6.07, 6.45) is 1.95. The van der Waals surface area contributed by atoms with Crippen LogP contribution in [0.5, 0.6) is 0 Å². The van der Waals surface area contributed by atoms with Gasteiger partial charge in [0.15, 0.2) is 5.65 Å². The number of pyridine rings is 1. The minimum atomic E-state index is -0.808. The number of aliphatic hydroxyl groups excluding tert-OH is 1. The highest BCUT2D eigenvalue weighted by Gasteiger charge is 2.30. The van der Waals surface area contributed by atoms with Crippen molar-refractivity contribution in [1.29, 1.82) is 0 Å². The van der Waals surface area contributed by atoms with Gasteiger partial charge in [0.25, 0.3) is 5.91 Å². The zero-order valence-corrected chi connectivity index (χ0v) is 23.1. The number of fused-ring (bicyclic) bond motifs is 1. The minimum Gasteiger partial charge on any atom is -0.443 e. The first-order valence-electron chi connectivity index (χ1n) is 13.3. The Morgan fingerprint density at radius 1 is 1.15 bits per heavy atom. The molecule has 2 fully saturated rings. The second-order valence-corrected chi connectivity index (χ2v) is 11.0. The molecule has 0 saturated carbocycles. The van der Waals surface area contributed by atoms with Gasteiger partial charge in [-0.25, -0.2) is 14.8 Å². The Hall–Kier alpha value is -3.81. The second kappa shape index (κ2) is 11.4. The van der Waals surface area contributed by atoms with E-state index in [1.54, 1.807) is 33.9 Å². The molecule has 5 rings (SSSR count). The summed E-state index contributed by atoms with van der Waals surface area (Å²) in [6, 6.07) is 6.80. The average molecular weight is 554 g/mol. The fourth-order valence-electron chi connectivity index (χ4n) is 4.61. The number of rotatable bonds is 6. The molecule has 0 bridgehead atoms. The van der Waals surface area contributed by atoms with Crippen molar-refractivity contribution < 1.29 is 28.9 Å². The van der Waals surface area contributed by atoms with Crippen LogP contribution < -0.4 is 15.5 Å². The number of aromatic nitrogens is 4. The van der Waals surface area contributed by atoms with Gasteiger partial charge in [-0.15, -0.1) is 0 Å². The Morgan fingerprint density at radius 2 is 1.98 bits per heavy atom. The maximum Gasteiger partial charge on any atom is 0.415 e. The first-order chi connectivity index (χ1) is 19.1. The van der Waals surface area contributed by atoms with E-state index in [4.69, 9.17) is 19.2 Å². The molecule has 13 nitrogen and oxygen atoms in total. The lowest BCUT2D eigenvalue weighted by Gasteiger charge is -2.25. The van der Waals surface area contributed by atoms with Gasteiger partial charge in [0.05, 0.1) is 38.2 Å². The lowest BCUT2D eigenvalue weighted by atomic mass is 9.98. The van der Waals surface area contributed by atoms with Gasteiger partial charge in [-0.3, -0.25) is 9.69 Å². The predicted octanol–water partition coefficient (Wildman–Crippen LogP) is 2.62. The molecule has 5 heterocycles. The van der Waals surface area contributed by atoms with E-state index in [0.29, 0.717) is 24.1 Å². The molecule has 214 valence electrons. The summed E-state index contributed by atoms with van der Waals surface area (Å²) in [4.78, 5) is 36.9. The highest BCUT2D eigenvalue weighted by atomic mass is 16.6. The highest BCUT2D eigenvalue weighted by Crippen LogP contribution is 2.28. The van der Waals surface area contributed by atoms with Crippen molar-refractivity contribution >= 4 is 35.1 Å². The van der Waals surface area contributed by atoms with Gasteiger partial charge in [-0.05, 0) is 45.7 Å². The Bertz CT molecular complexity index is 1380. The minimum absolute atomic E-state index is 0.149. The molecule has 2 saturated heterocycles. The van der Waals surface area contributed by atoms with E-state index in [1.165, 1.54) is 15.6 Å². The molecule has 0 spiro atoms. The number of amides is 2. The highest BCUT2D eigenvalue weighted by molar-refractivity contribution is 6.00. The van der Waals surface area contributed by atoms with Crippen molar-refractivity contribution in [2.24, 2.45) is 0 Å². The molecule has 2 aliphatic rings. The molecule has 3 aromatic heterocycles. The molecule has 0 aliphatic carbocycles. The number of hydrogen-bond acceptors (Lipinski definition) is 10. The second-order valence-electron chi connectivity index (χ2n) is 11.0.